The van der Waals surface area contributed by atoms with E-state index in [4.69, 9.17) is 37.9 Å². The number of esters is 5. The summed E-state index contributed by atoms with van der Waals surface area (Å²) in [5.41, 5.74) is 0. The monoisotopic (exact) mass is 762 g/mol. The highest BCUT2D eigenvalue weighted by molar-refractivity contribution is 5.72. The highest BCUT2D eigenvalue weighted by Crippen LogP contribution is 2.41. The highest BCUT2D eigenvalue weighted by Gasteiger charge is 2.64. The molecule has 0 aromatic carbocycles. The Morgan fingerprint density at radius 3 is 1.49 bits per heavy atom. The van der Waals surface area contributed by atoms with Gasteiger partial charge in [-0.2, -0.15) is 0 Å². The van der Waals surface area contributed by atoms with Crippen molar-refractivity contribution in [3.8, 4) is 0 Å². The van der Waals surface area contributed by atoms with E-state index in [0.29, 0.717) is 0 Å². The Morgan fingerprint density at radius 2 is 1.02 bits per heavy atom. The number of ether oxygens (including phenoxy) is 8. The van der Waals surface area contributed by atoms with Gasteiger partial charge in [-0.15, -0.1) is 0 Å². The number of carbonyl (C=O) groups excluding carboxylic acids is 5. The smallest absolute Gasteiger partial charge is 0.306 e. The zero-order chi connectivity index (χ0) is 40.2. The maximum Gasteiger partial charge on any atom is 0.306 e. The minimum Gasteiger partial charge on any atom is -0.463 e. The van der Waals surface area contributed by atoms with Gasteiger partial charge >= 0.3 is 29.8 Å². The molecule has 0 radical (unpaired) electrons. The van der Waals surface area contributed by atoms with Gasteiger partial charge in [0.2, 0.25) is 12.1 Å². The molecule has 9 unspecified atom stereocenters. The molecule has 2 aliphatic heterocycles. The molecule has 2 aliphatic rings. The summed E-state index contributed by atoms with van der Waals surface area (Å²) in [4.78, 5) is 65.3. The van der Waals surface area contributed by atoms with Crippen molar-refractivity contribution in [2.75, 3.05) is 19.8 Å². The summed E-state index contributed by atoms with van der Waals surface area (Å²) in [6.07, 6.45) is -13.5. The van der Waals surface area contributed by atoms with Gasteiger partial charge in [0.25, 0.3) is 0 Å². The van der Waals surface area contributed by atoms with E-state index in [0.717, 1.165) is 0 Å². The molecule has 2 fully saturated rings. The van der Waals surface area contributed by atoms with Crippen LogP contribution < -0.4 is 0 Å². The predicted molar refractivity (Wildman–Crippen MR) is 185 cm³/mol. The molecule has 2 saturated heterocycles. The second-order valence-electron chi connectivity index (χ2n) is 15.9. The molecule has 0 saturated carbocycles. The van der Waals surface area contributed by atoms with Gasteiger partial charge in [0.05, 0.1) is 6.61 Å². The average molecular weight is 763 g/mol. The molecule has 0 aliphatic carbocycles. The first kappa shape index (κ1) is 46.3. The van der Waals surface area contributed by atoms with E-state index in [1.54, 1.807) is 55.4 Å². The molecule has 0 bridgehead atoms. The molecular formula is C37H62O16. The number of hydrogen-bond donors (Lipinski definition) is 3. The maximum absolute atomic E-state index is 13.4. The first-order valence-electron chi connectivity index (χ1n) is 18.6. The van der Waals surface area contributed by atoms with Crippen molar-refractivity contribution in [2.45, 2.75) is 156 Å². The third kappa shape index (κ3) is 14.7. The Morgan fingerprint density at radius 1 is 0.585 bits per heavy atom. The molecule has 2 rings (SSSR count). The maximum atomic E-state index is 13.4. The average Bonchev–Trinajstić information content (AvgIpc) is 3.27. The van der Waals surface area contributed by atoms with Crippen molar-refractivity contribution < 1.29 is 77.2 Å². The van der Waals surface area contributed by atoms with Gasteiger partial charge in [-0.05, 0) is 29.6 Å². The zero-order valence-corrected chi connectivity index (χ0v) is 32.8. The van der Waals surface area contributed by atoms with Crippen molar-refractivity contribution in [1.82, 2.24) is 0 Å². The first-order valence-corrected chi connectivity index (χ1v) is 18.6. The molecule has 53 heavy (non-hydrogen) atoms. The lowest BCUT2D eigenvalue weighted by atomic mass is 9.98. The number of carbonyl (C=O) groups is 5. The molecule has 0 spiro atoms. The van der Waals surface area contributed by atoms with E-state index in [-0.39, 0.29) is 61.7 Å². The van der Waals surface area contributed by atoms with E-state index in [1.165, 1.54) is 0 Å². The Kier molecular flexibility index (Phi) is 18.6. The molecule has 2 heterocycles. The number of hydrogen-bond acceptors (Lipinski definition) is 16. The van der Waals surface area contributed by atoms with Gasteiger partial charge in [-0.3, -0.25) is 24.0 Å². The molecule has 16 heteroatoms. The van der Waals surface area contributed by atoms with Crippen LogP contribution in [0.3, 0.4) is 0 Å². The lowest BCUT2D eigenvalue weighted by Gasteiger charge is -2.45. The third-order valence-corrected chi connectivity index (χ3v) is 8.10. The summed E-state index contributed by atoms with van der Waals surface area (Å²) in [6, 6.07) is 0. The first-order chi connectivity index (χ1) is 24.7. The normalized spacial score (nSPS) is 28.8. The molecule has 9 atom stereocenters. The van der Waals surface area contributed by atoms with Gasteiger partial charge in [0.15, 0.2) is 18.3 Å². The van der Waals surface area contributed by atoms with Crippen molar-refractivity contribution >= 4 is 29.8 Å². The molecule has 3 N–H and O–H groups in total. The van der Waals surface area contributed by atoms with Gasteiger partial charge in [-0.25, -0.2) is 0 Å². The van der Waals surface area contributed by atoms with Gasteiger partial charge in [0.1, 0.15) is 37.6 Å². The fraction of sp³-hybridized carbons (Fsp3) is 0.865. The standard InChI is InChI=1S/C37H62O16/c1-19(2)11-26(39)46-17-25-33(49-28(41)13-21(5)6)35(51-30(43)15-23(9)10)37(52-25,18-47-27(40)12-20(3)4)53-36-34(50-29(42)14-22(7)8)32(45)31(44)24(16-38)48-36/h19-25,31-36,38,44-45H,11-18H2,1-10H3. The Bertz CT molecular complexity index is 1200. The van der Waals surface area contributed by atoms with Crippen molar-refractivity contribution in [3.63, 3.8) is 0 Å². The minimum atomic E-state index is -2.42. The van der Waals surface area contributed by atoms with Gasteiger partial charge in [-0.1, -0.05) is 69.2 Å². The van der Waals surface area contributed by atoms with Crippen LogP contribution >= 0.6 is 0 Å². The van der Waals surface area contributed by atoms with E-state index < -0.39 is 104 Å². The lowest BCUT2D eigenvalue weighted by molar-refractivity contribution is -0.384. The van der Waals surface area contributed by atoms with Crippen molar-refractivity contribution in [1.29, 1.82) is 0 Å². The van der Waals surface area contributed by atoms with Crippen molar-refractivity contribution in [2.24, 2.45) is 29.6 Å². The second kappa shape index (κ2) is 21.3. The van der Waals surface area contributed by atoms with E-state index >= 15 is 0 Å². The number of aliphatic hydroxyl groups is 3. The van der Waals surface area contributed by atoms with Crippen LogP contribution in [0.2, 0.25) is 0 Å². The fourth-order valence-electron chi connectivity index (χ4n) is 5.71. The van der Waals surface area contributed by atoms with Gasteiger partial charge < -0.3 is 53.2 Å². The van der Waals surface area contributed by atoms with Crippen LogP contribution in [-0.4, -0.2) is 120 Å². The van der Waals surface area contributed by atoms with E-state index in [2.05, 4.69) is 0 Å². The Labute approximate surface area is 312 Å². The second-order valence-corrected chi connectivity index (χ2v) is 15.9. The minimum absolute atomic E-state index is 0.0379. The molecule has 306 valence electrons. The predicted octanol–water partition coefficient (Wildman–Crippen LogP) is 2.59. The van der Waals surface area contributed by atoms with Crippen LogP contribution in [0.4, 0.5) is 0 Å². The lowest BCUT2D eigenvalue weighted by Crippen LogP contribution is -2.64. The van der Waals surface area contributed by atoms with E-state index in [1.807, 2.05) is 13.8 Å². The summed E-state index contributed by atoms with van der Waals surface area (Å²) in [6.45, 7) is 15.7. The molecule has 16 nitrogen and oxygen atoms in total. The fourth-order valence-corrected chi connectivity index (χ4v) is 5.71. The van der Waals surface area contributed by atoms with E-state index in [9.17, 15) is 39.3 Å². The summed E-state index contributed by atoms with van der Waals surface area (Å²) in [5.74, 6) is -6.66. The van der Waals surface area contributed by atoms with Crippen LogP contribution in [0.25, 0.3) is 0 Å². The molecule has 0 amide bonds. The van der Waals surface area contributed by atoms with Crippen LogP contribution in [-0.2, 0) is 61.9 Å². The SMILES string of the molecule is CC(C)CC(=O)OCC1OC(COC(=O)CC(C)C)(OC2OC(CO)C(O)C(O)C2OC(=O)CC(C)C)C(OC(=O)CC(C)C)C1OC(=O)CC(C)C. The molecule has 0 aromatic heterocycles. The quantitative estimate of drug-likeness (QED) is 0.120. The van der Waals surface area contributed by atoms with Gasteiger partial charge in [0, 0.05) is 32.1 Å². The zero-order valence-electron chi connectivity index (χ0n) is 32.8. The summed E-state index contributed by atoms with van der Waals surface area (Å²) >= 11 is 0. The van der Waals surface area contributed by atoms with Crippen LogP contribution in [0.15, 0.2) is 0 Å². The largest absolute Gasteiger partial charge is 0.463 e. The Balaban J connectivity index is 2.78. The van der Waals surface area contributed by atoms with Crippen LogP contribution in [0, 0.1) is 29.6 Å². The summed E-state index contributed by atoms with van der Waals surface area (Å²) < 4.78 is 47.2. The van der Waals surface area contributed by atoms with Crippen molar-refractivity contribution in [3.05, 3.63) is 0 Å². The number of aliphatic hydroxyl groups excluding tert-OH is 3. The van der Waals surface area contributed by atoms with Crippen LogP contribution in [0.5, 0.6) is 0 Å². The van der Waals surface area contributed by atoms with Crippen LogP contribution in [0.1, 0.15) is 101 Å². The topological polar surface area (TPSA) is 220 Å². The summed E-state index contributed by atoms with van der Waals surface area (Å²) in [5, 5.41) is 31.9. The summed E-state index contributed by atoms with van der Waals surface area (Å²) in [7, 11) is 0. The third-order valence-electron chi connectivity index (χ3n) is 8.10. The Hall–Kier alpha value is -2.89. The molecule has 0 aromatic rings. The number of rotatable bonds is 20. The molecular weight excluding hydrogens is 700 g/mol. The highest BCUT2D eigenvalue weighted by atomic mass is 16.8.